The van der Waals surface area contributed by atoms with Crippen LogP contribution in [0.25, 0.3) is 0 Å². The van der Waals surface area contributed by atoms with Crippen molar-refractivity contribution in [2.75, 3.05) is 0 Å². The molecule has 0 aromatic heterocycles. The third kappa shape index (κ3) is 3.29. The summed E-state index contributed by atoms with van der Waals surface area (Å²) in [5.74, 6) is 1.57. The van der Waals surface area contributed by atoms with Crippen LogP contribution in [-0.4, -0.2) is 18.0 Å². The van der Waals surface area contributed by atoms with Crippen LogP contribution in [0.15, 0.2) is 24.3 Å². The third-order valence-electron chi connectivity index (χ3n) is 5.16. The van der Waals surface area contributed by atoms with Gasteiger partial charge in [0, 0.05) is 12.6 Å². The maximum absolute atomic E-state index is 12.5. The second kappa shape index (κ2) is 6.18. The lowest BCUT2D eigenvalue weighted by molar-refractivity contribution is -0.124. The van der Waals surface area contributed by atoms with Gasteiger partial charge in [-0.3, -0.25) is 4.79 Å². The first-order chi connectivity index (χ1) is 10.1. The Morgan fingerprint density at radius 2 is 1.95 bits per heavy atom. The van der Waals surface area contributed by atoms with Crippen LogP contribution in [0.3, 0.4) is 0 Å². The minimum Gasteiger partial charge on any atom is -0.352 e. The molecule has 1 aliphatic heterocycles. The smallest absolute Gasteiger partial charge is 0.237 e. The van der Waals surface area contributed by atoms with Gasteiger partial charge < -0.3 is 10.6 Å². The van der Waals surface area contributed by atoms with E-state index in [4.69, 9.17) is 0 Å². The fraction of sp³-hybridized carbons (Fsp3) is 0.611. The van der Waals surface area contributed by atoms with Crippen molar-refractivity contribution in [2.45, 2.75) is 58.2 Å². The molecule has 2 aliphatic rings. The normalized spacial score (nSPS) is 32.3. The van der Waals surface area contributed by atoms with Crippen LogP contribution >= 0.6 is 0 Å². The highest BCUT2D eigenvalue weighted by Crippen LogP contribution is 2.28. The van der Waals surface area contributed by atoms with Crippen LogP contribution in [0.2, 0.25) is 0 Å². The van der Waals surface area contributed by atoms with Crippen molar-refractivity contribution in [3.05, 3.63) is 35.4 Å². The number of rotatable bonds is 2. The van der Waals surface area contributed by atoms with Crippen LogP contribution in [0.1, 0.15) is 44.2 Å². The molecular weight excluding hydrogens is 260 g/mol. The number of hydrogen-bond donors (Lipinski definition) is 2. The second-order valence-corrected chi connectivity index (χ2v) is 6.92. The Balaban J connectivity index is 1.59. The number of fused-ring (bicyclic) bond motifs is 1. The molecular formula is C18H26N2O. The predicted octanol–water partition coefficient (Wildman–Crippen LogP) is 2.64. The van der Waals surface area contributed by atoms with Gasteiger partial charge in [0.15, 0.2) is 0 Å². The summed E-state index contributed by atoms with van der Waals surface area (Å²) < 4.78 is 0. The number of carbonyl (C=O) groups excluding carboxylic acids is 1. The number of nitrogens with one attached hydrogen (secondary N) is 2. The molecule has 3 heteroatoms. The van der Waals surface area contributed by atoms with Crippen molar-refractivity contribution < 1.29 is 4.79 Å². The highest BCUT2D eigenvalue weighted by molar-refractivity contribution is 5.82. The maximum atomic E-state index is 12.5. The van der Waals surface area contributed by atoms with Gasteiger partial charge in [-0.1, -0.05) is 38.1 Å². The Hall–Kier alpha value is -1.35. The Bertz CT molecular complexity index is 514. The fourth-order valence-electron chi connectivity index (χ4n) is 3.80. The van der Waals surface area contributed by atoms with Gasteiger partial charge in [-0.15, -0.1) is 0 Å². The van der Waals surface area contributed by atoms with E-state index in [1.165, 1.54) is 24.0 Å². The average Bonchev–Trinajstić information content (AvgIpc) is 2.49. The lowest BCUT2D eigenvalue weighted by Gasteiger charge is -2.35. The SMILES string of the molecule is CC1CCC(NC(=O)C2Cc3ccccc3CN2)C(C)C1. The summed E-state index contributed by atoms with van der Waals surface area (Å²) in [6.07, 6.45) is 4.39. The van der Waals surface area contributed by atoms with Crippen molar-refractivity contribution >= 4 is 5.91 Å². The summed E-state index contributed by atoms with van der Waals surface area (Å²) >= 11 is 0. The highest BCUT2D eigenvalue weighted by atomic mass is 16.2. The van der Waals surface area contributed by atoms with Gasteiger partial charge >= 0.3 is 0 Å². The molecule has 1 aliphatic carbocycles. The van der Waals surface area contributed by atoms with Crippen LogP contribution in [0.5, 0.6) is 0 Å². The van der Waals surface area contributed by atoms with Gasteiger partial charge in [-0.2, -0.15) is 0 Å². The van der Waals surface area contributed by atoms with Gasteiger partial charge in [0.1, 0.15) is 0 Å². The molecule has 3 rings (SSSR count). The fourth-order valence-corrected chi connectivity index (χ4v) is 3.80. The molecule has 0 spiro atoms. The third-order valence-corrected chi connectivity index (χ3v) is 5.16. The molecule has 1 amide bonds. The Kier molecular flexibility index (Phi) is 4.29. The second-order valence-electron chi connectivity index (χ2n) is 6.92. The quantitative estimate of drug-likeness (QED) is 0.877. The van der Waals surface area contributed by atoms with Crippen LogP contribution in [0.4, 0.5) is 0 Å². The van der Waals surface area contributed by atoms with Crippen molar-refractivity contribution in [3.8, 4) is 0 Å². The van der Waals surface area contributed by atoms with Gasteiger partial charge in [0.2, 0.25) is 5.91 Å². The standard InChI is InChI=1S/C18H26N2O/c1-12-7-8-16(13(2)9-12)20-18(21)17-10-14-5-3-4-6-15(14)11-19-17/h3-6,12-13,16-17,19H,7-11H2,1-2H3,(H,20,21). The van der Waals surface area contributed by atoms with E-state index < -0.39 is 0 Å². The molecule has 1 heterocycles. The lowest BCUT2D eigenvalue weighted by atomic mass is 9.79. The van der Waals surface area contributed by atoms with Gasteiger partial charge in [0.25, 0.3) is 0 Å². The van der Waals surface area contributed by atoms with Crippen LogP contribution in [0, 0.1) is 11.8 Å². The Morgan fingerprint density at radius 3 is 2.71 bits per heavy atom. The topological polar surface area (TPSA) is 41.1 Å². The Morgan fingerprint density at radius 1 is 1.19 bits per heavy atom. The number of hydrogen-bond acceptors (Lipinski definition) is 2. The van der Waals surface area contributed by atoms with E-state index in [0.717, 1.165) is 25.3 Å². The van der Waals surface area contributed by atoms with Crippen molar-refractivity contribution in [1.29, 1.82) is 0 Å². The molecule has 1 aromatic rings. The molecule has 1 saturated carbocycles. The largest absolute Gasteiger partial charge is 0.352 e. The van der Waals surface area contributed by atoms with E-state index in [9.17, 15) is 4.79 Å². The summed E-state index contributed by atoms with van der Waals surface area (Å²) in [4.78, 5) is 12.5. The predicted molar refractivity (Wildman–Crippen MR) is 84.9 cm³/mol. The zero-order valence-corrected chi connectivity index (χ0v) is 13.1. The summed E-state index contributed by atoms with van der Waals surface area (Å²) in [7, 11) is 0. The van der Waals surface area contributed by atoms with Gasteiger partial charge in [-0.05, 0) is 48.6 Å². The summed E-state index contributed by atoms with van der Waals surface area (Å²) in [5.41, 5.74) is 2.63. The molecule has 1 aromatic carbocycles. The molecule has 0 bridgehead atoms. The molecule has 21 heavy (non-hydrogen) atoms. The molecule has 2 N–H and O–H groups in total. The van der Waals surface area contributed by atoms with E-state index in [0.29, 0.717) is 12.0 Å². The van der Waals surface area contributed by atoms with Crippen molar-refractivity contribution in [3.63, 3.8) is 0 Å². The minimum atomic E-state index is -0.0774. The minimum absolute atomic E-state index is 0.0774. The lowest BCUT2D eigenvalue weighted by Crippen LogP contribution is -2.52. The van der Waals surface area contributed by atoms with Crippen molar-refractivity contribution in [1.82, 2.24) is 10.6 Å². The van der Waals surface area contributed by atoms with Crippen molar-refractivity contribution in [2.24, 2.45) is 11.8 Å². The summed E-state index contributed by atoms with van der Waals surface area (Å²) in [5, 5.41) is 6.66. The first kappa shape index (κ1) is 14.6. The first-order valence-corrected chi connectivity index (χ1v) is 8.24. The zero-order chi connectivity index (χ0) is 14.8. The van der Waals surface area contributed by atoms with E-state index >= 15 is 0 Å². The Labute approximate surface area is 127 Å². The summed E-state index contributed by atoms with van der Waals surface area (Å²) in [6, 6.07) is 8.68. The molecule has 1 fully saturated rings. The zero-order valence-electron chi connectivity index (χ0n) is 13.1. The van der Waals surface area contributed by atoms with E-state index in [2.05, 4.69) is 48.7 Å². The maximum Gasteiger partial charge on any atom is 0.237 e. The van der Waals surface area contributed by atoms with E-state index in [-0.39, 0.29) is 11.9 Å². The monoisotopic (exact) mass is 286 g/mol. The molecule has 0 radical (unpaired) electrons. The van der Waals surface area contributed by atoms with Crippen LogP contribution < -0.4 is 10.6 Å². The highest BCUT2D eigenvalue weighted by Gasteiger charge is 2.30. The summed E-state index contributed by atoms with van der Waals surface area (Å²) in [6.45, 7) is 5.38. The number of amides is 1. The van der Waals surface area contributed by atoms with E-state index in [1.807, 2.05) is 0 Å². The number of benzene rings is 1. The molecule has 114 valence electrons. The molecule has 4 atom stereocenters. The van der Waals surface area contributed by atoms with E-state index in [1.54, 1.807) is 0 Å². The van der Waals surface area contributed by atoms with Gasteiger partial charge in [-0.25, -0.2) is 0 Å². The molecule has 3 nitrogen and oxygen atoms in total. The molecule has 4 unspecified atom stereocenters. The molecule has 0 saturated heterocycles. The number of carbonyl (C=O) groups is 1. The van der Waals surface area contributed by atoms with Crippen LogP contribution in [-0.2, 0) is 17.8 Å². The first-order valence-electron chi connectivity index (χ1n) is 8.24. The average molecular weight is 286 g/mol. The van der Waals surface area contributed by atoms with Gasteiger partial charge in [0.05, 0.1) is 6.04 Å².